The second-order valence-electron chi connectivity index (χ2n) is 8.63. The minimum Gasteiger partial charge on any atom is -0.457 e. The second-order valence-corrected chi connectivity index (χ2v) is 10.5. The summed E-state index contributed by atoms with van der Waals surface area (Å²) in [6, 6.07) is 29.1. The first kappa shape index (κ1) is 25.0. The summed E-state index contributed by atoms with van der Waals surface area (Å²) in [6.07, 6.45) is 1.19. The molecule has 0 aromatic heterocycles. The zero-order valence-corrected chi connectivity index (χ0v) is 21.2. The van der Waals surface area contributed by atoms with Gasteiger partial charge in [0.05, 0.1) is 18.5 Å². The fraction of sp³-hybridized carbons (Fsp3) is 0.138. The summed E-state index contributed by atoms with van der Waals surface area (Å²) in [6.45, 7) is 4.11. The summed E-state index contributed by atoms with van der Waals surface area (Å²) >= 11 is 0. The van der Waals surface area contributed by atoms with Crippen molar-refractivity contribution in [2.75, 3.05) is 15.9 Å². The number of amides is 1. The summed E-state index contributed by atoms with van der Waals surface area (Å²) in [5, 5.41) is 2.87. The van der Waals surface area contributed by atoms with Gasteiger partial charge >= 0.3 is 0 Å². The number of anilines is 2. The highest BCUT2D eigenvalue weighted by atomic mass is 32.2. The number of rotatable bonds is 8. The van der Waals surface area contributed by atoms with Crippen LogP contribution in [0.5, 0.6) is 11.5 Å². The first-order chi connectivity index (χ1) is 17.2. The van der Waals surface area contributed by atoms with E-state index in [2.05, 4.69) is 5.32 Å². The highest BCUT2D eigenvalue weighted by Gasteiger charge is 2.18. The number of hydrogen-bond acceptors (Lipinski definition) is 4. The van der Waals surface area contributed by atoms with E-state index in [0.29, 0.717) is 22.7 Å². The van der Waals surface area contributed by atoms with Crippen LogP contribution in [0, 0.1) is 13.8 Å². The van der Waals surface area contributed by atoms with Crippen molar-refractivity contribution in [1.82, 2.24) is 0 Å². The van der Waals surface area contributed by atoms with E-state index in [9.17, 15) is 13.2 Å². The Labute approximate surface area is 212 Å². The molecular weight excluding hydrogens is 472 g/mol. The molecule has 7 heteroatoms. The summed E-state index contributed by atoms with van der Waals surface area (Å²) in [5.74, 6) is 1.15. The van der Waals surface area contributed by atoms with Gasteiger partial charge in [-0.1, -0.05) is 36.4 Å². The maximum Gasteiger partial charge on any atom is 0.255 e. The molecule has 0 saturated carbocycles. The third-order valence-corrected chi connectivity index (χ3v) is 6.95. The molecule has 0 aliphatic rings. The predicted octanol–water partition coefficient (Wildman–Crippen LogP) is 6.31. The fourth-order valence-electron chi connectivity index (χ4n) is 3.64. The van der Waals surface area contributed by atoms with Crippen LogP contribution in [-0.4, -0.2) is 20.6 Å². The quantitative estimate of drug-likeness (QED) is 0.307. The molecule has 0 radical (unpaired) electrons. The van der Waals surface area contributed by atoms with E-state index in [4.69, 9.17) is 4.74 Å². The number of para-hydroxylation sites is 1. The number of ether oxygens (including phenoxy) is 1. The average molecular weight is 501 g/mol. The first-order valence-electron chi connectivity index (χ1n) is 11.5. The Morgan fingerprint density at radius 3 is 2.06 bits per heavy atom. The van der Waals surface area contributed by atoms with Gasteiger partial charge in [0.25, 0.3) is 5.91 Å². The lowest BCUT2D eigenvalue weighted by molar-refractivity contribution is 0.102. The lowest BCUT2D eigenvalue weighted by Crippen LogP contribution is -2.29. The van der Waals surface area contributed by atoms with E-state index < -0.39 is 10.0 Å². The van der Waals surface area contributed by atoms with Crippen LogP contribution in [0.15, 0.2) is 97.1 Å². The zero-order chi connectivity index (χ0) is 25.7. The van der Waals surface area contributed by atoms with E-state index in [1.165, 1.54) is 10.6 Å². The molecule has 0 atom stereocenters. The third-order valence-electron chi connectivity index (χ3n) is 5.81. The molecule has 0 fully saturated rings. The SMILES string of the molecule is Cc1ccc(N(Cc2ccc(C(=O)Nc3ccc(Oc4ccccc4)cc3)cc2)S(C)(=O)=O)cc1C. The van der Waals surface area contributed by atoms with Crippen LogP contribution < -0.4 is 14.4 Å². The molecule has 4 rings (SSSR count). The molecular formula is C29H28N2O4S. The molecule has 6 nitrogen and oxygen atoms in total. The molecule has 0 aliphatic carbocycles. The van der Waals surface area contributed by atoms with E-state index in [0.717, 1.165) is 22.4 Å². The molecule has 0 bridgehead atoms. The molecule has 0 aliphatic heterocycles. The molecule has 0 heterocycles. The normalized spacial score (nSPS) is 11.1. The molecule has 0 unspecified atom stereocenters. The maximum absolute atomic E-state index is 12.7. The van der Waals surface area contributed by atoms with Crippen molar-refractivity contribution in [3.8, 4) is 11.5 Å². The Hall–Kier alpha value is -4.10. The van der Waals surface area contributed by atoms with Gasteiger partial charge in [-0.05, 0) is 91.2 Å². The predicted molar refractivity (Wildman–Crippen MR) is 144 cm³/mol. The Morgan fingerprint density at radius 1 is 0.806 bits per heavy atom. The minimum absolute atomic E-state index is 0.173. The lowest BCUT2D eigenvalue weighted by Gasteiger charge is -2.23. The van der Waals surface area contributed by atoms with Crippen molar-refractivity contribution in [2.45, 2.75) is 20.4 Å². The molecule has 0 saturated heterocycles. The standard InChI is InChI=1S/C29H28N2O4S/c1-21-9-16-26(19-22(21)2)31(36(3,33)34)20-23-10-12-24(13-11-23)29(32)30-25-14-17-28(18-15-25)35-27-7-5-4-6-8-27/h4-19H,20H2,1-3H3,(H,30,32). The van der Waals surface area contributed by atoms with Gasteiger partial charge in [0.1, 0.15) is 11.5 Å². The number of carbonyl (C=O) groups is 1. The number of nitrogens with zero attached hydrogens (tertiary/aromatic N) is 1. The fourth-order valence-corrected chi connectivity index (χ4v) is 4.52. The van der Waals surface area contributed by atoms with Crippen molar-refractivity contribution in [2.24, 2.45) is 0 Å². The number of carbonyl (C=O) groups excluding carboxylic acids is 1. The van der Waals surface area contributed by atoms with Crippen molar-refractivity contribution >= 4 is 27.3 Å². The number of nitrogens with one attached hydrogen (secondary N) is 1. The number of hydrogen-bond donors (Lipinski definition) is 1. The second kappa shape index (κ2) is 10.7. The molecule has 4 aromatic carbocycles. The van der Waals surface area contributed by atoms with Crippen molar-refractivity contribution in [3.05, 3.63) is 119 Å². The minimum atomic E-state index is -3.49. The lowest BCUT2D eigenvalue weighted by atomic mass is 10.1. The Morgan fingerprint density at radius 2 is 1.44 bits per heavy atom. The van der Waals surface area contributed by atoms with Crippen LogP contribution in [0.2, 0.25) is 0 Å². The number of sulfonamides is 1. The average Bonchev–Trinajstić information content (AvgIpc) is 2.86. The molecule has 4 aromatic rings. The van der Waals surface area contributed by atoms with Gasteiger partial charge in [0, 0.05) is 11.3 Å². The number of benzene rings is 4. The van der Waals surface area contributed by atoms with Crippen LogP contribution in [0.3, 0.4) is 0 Å². The first-order valence-corrected chi connectivity index (χ1v) is 13.3. The maximum atomic E-state index is 12.7. The summed E-state index contributed by atoms with van der Waals surface area (Å²) in [4.78, 5) is 12.7. The van der Waals surface area contributed by atoms with Crippen LogP contribution >= 0.6 is 0 Å². The molecule has 36 heavy (non-hydrogen) atoms. The summed E-state index contributed by atoms with van der Waals surface area (Å²) in [7, 11) is -3.49. The van der Waals surface area contributed by atoms with Crippen molar-refractivity contribution in [1.29, 1.82) is 0 Å². The van der Waals surface area contributed by atoms with Crippen LogP contribution in [0.4, 0.5) is 11.4 Å². The van der Waals surface area contributed by atoms with E-state index in [1.54, 1.807) is 54.6 Å². The van der Waals surface area contributed by atoms with Gasteiger partial charge in [-0.3, -0.25) is 9.10 Å². The largest absolute Gasteiger partial charge is 0.457 e. The van der Waals surface area contributed by atoms with Crippen LogP contribution in [-0.2, 0) is 16.6 Å². The van der Waals surface area contributed by atoms with Crippen molar-refractivity contribution in [3.63, 3.8) is 0 Å². The van der Waals surface area contributed by atoms with Gasteiger partial charge < -0.3 is 10.1 Å². The van der Waals surface area contributed by atoms with Gasteiger partial charge in [-0.15, -0.1) is 0 Å². The van der Waals surface area contributed by atoms with E-state index in [-0.39, 0.29) is 12.5 Å². The molecule has 1 amide bonds. The molecule has 1 N–H and O–H groups in total. The van der Waals surface area contributed by atoms with E-state index >= 15 is 0 Å². The smallest absolute Gasteiger partial charge is 0.255 e. The highest BCUT2D eigenvalue weighted by molar-refractivity contribution is 7.92. The summed E-state index contributed by atoms with van der Waals surface area (Å²) < 4.78 is 32.1. The van der Waals surface area contributed by atoms with E-state index in [1.807, 2.05) is 56.3 Å². The van der Waals surface area contributed by atoms with Crippen LogP contribution in [0.1, 0.15) is 27.0 Å². The third kappa shape index (κ3) is 6.31. The monoisotopic (exact) mass is 500 g/mol. The Kier molecular flexibility index (Phi) is 7.41. The molecule has 0 spiro atoms. The summed E-state index contributed by atoms with van der Waals surface area (Å²) in [5.41, 5.74) is 4.62. The molecule has 184 valence electrons. The highest BCUT2D eigenvalue weighted by Crippen LogP contribution is 2.25. The zero-order valence-electron chi connectivity index (χ0n) is 20.4. The van der Waals surface area contributed by atoms with Gasteiger partial charge in [0.2, 0.25) is 10.0 Å². The topological polar surface area (TPSA) is 75.7 Å². The van der Waals surface area contributed by atoms with Crippen LogP contribution in [0.25, 0.3) is 0 Å². The Bertz CT molecular complexity index is 1450. The van der Waals surface area contributed by atoms with Gasteiger partial charge in [-0.2, -0.15) is 0 Å². The van der Waals surface area contributed by atoms with Gasteiger partial charge in [-0.25, -0.2) is 8.42 Å². The Balaban J connectivity index is 1.42. The number of aryl methyl sites for hydroxylation is 2. The van der Waals surface area contributed by atoms with Crippen molar-refractivity contribution < 1.29 is 17.9 Å². The van der Waals surface area contributed by atoms with Gasteiger partial charge in [0.15, 0.2) is 0 Å².